The van der Waals surface area contributed by atoms with Crippen molar-refractivity contribution in [2.75, 3.05) is 0 Å². The Hall–Kier alpha value is -8.46. The molecule has 0 spiro atoms. The van der Waals surface area contributed by atoms with Crippen molar-refractivity contribution in [1.29, 1.82) is 0 Å². The highest BCUT2D eigenvalue weighted by atomic mass is 15.0. The Morgan fingerprint density at radius 2 is 0.812 bits per heavy atom. The van der Waals surface area contributed by atoms with Crippen LogP contribution in [0.1, 0.15) is 0 Å². The number of hydrogen-bond donors (Lipinski definition) is 0. The van der Waals surface area contributed by atoms with Crippen LogP contribution < -0.4 is 0 Å². The fourth-order valence-electron chi connectivity index (χ4n) is 11.0. The zero-order valence-corrected chi connectivity index (χ0v) is 34.8. The molecule has 0 saturated heterocycles. The maximum absolute atomic E-state index is 2.53. The summed E-state index contributed by atoms with van der Waals surface area (Å²) >= 11 is 0. The van der Waals surface area contributed by atoms with Crippen molar-refractivity contribution in [2.24, 2.45) is 0 Å². The summed E-state index contributed by atoms with van der Waals surface area (Å²) in [5.41, 5.74) is 19.6. The molecule has 0 N–H and O–H groups in total. The van der Waals surface area contributed by atoms with Crippen molar-refractivity contribution in [3.05, 3.63) is 231 Å². The number of rotatable bonds is 5. The molecule has 11 aromatic carbocycles. The average molecular weight is 811 g/mol. The summed E-state index contributed by atoms with van der Waals surface area (Å²) in [7, 11) is 0. The molecule has 13 aromatic rings. The lowest BCUT2D eigenvalue weighted by Crippen LogP contribution is -1.98. The van der Waals surface area contributed by atoms with Crippen molar-refractivity contribution < 1.29 is 0 Å². The molecule has 0 amide bonds. The van der Waals surface area contributed by atoms with E-state index in [0.29, 0.717) is 0 Å². The van der Waals surface area contributed by atoms with Crippen LogP contribution in [0.3, 0.4) is 0 Å². The number of benzene rings is 11. The Balaban J connectivity index is 0.962. The monoisotopic (exact) mass is 810 g/mol. The van der Waals surface area contributed by atoms with Gasteiger partial charge in [-0.15, -0.1) is 0 Å². The number of aromatic nitrogens is 2. The van der Waals surface area contributed by atoms with E-state index in [2.05, 4.69) is 240 Å². The SMILES string of the molecule is c1ccc(-n2c3ccccc3c3ccc(-c4ccc5c6ccc7ccccc7c6n(-c6ccccc6-c6cccc(-c7ccc8c(c7)-c7cccc9cccc-8c79)c6)c5c4)cc32)cc1. The summed E-state index contributed by atoms with van der Waals surface area (Å²) in [5, 5.41) is 10.1. The van der Waals surface area contributed by atoms with Crippen LogP contribution >= 0.6 is 0 Å². The summed E-state index contributed by atoms with van der Waals surface area (Å²) in [5.74, 6) is 0. The predicted molar refractivity (Wildman–Crippen MR) is 271 cm³/mol. The van der Waals surface area contributed by atoms with E-state index in [1.807, 2.05) is 0 Å². The molecule has 0 saturated carbocycles. The number of para-hydroxylation sites is 3. The molecule has 0 fully saturated rings. The zero-order chi connectivity index (χ0) is 41.9. The van der Waals surface area contributed by atoms with Gasteiger partial charge in [-0.2, -0.15) is 0 Å². The first kappa shape index (κ1) is 35.2. The van der Waals surface area contributed by atoms with E-state index < -0.39 is 0 Å². The van der Waals surface area contributed by atoms with Crippen LogP contribution in [0.4, 0.5) is 0 Å². The highest BCUT2D eigenvalue weighted by Gasteiger charge is 2.23. The average Bonchev–Trinajstić information content (AvgIpc) is 4.00. The van der Waals surface area contributed by atoms with E-state index in [4.69, 9.17) is 0 Å². The van der Waals surface area contributed by atoms with Gasteiger partial charge in [-0.1, -0.05) is 182 Å². The lowest BCUT2D eigenvalue weighted by Gasteiger charge is -2.16. The summed E-state index contributed by atoms with van der Waals surface area (Å²) in [6.45, 7) is 0. The first-order valence-corrected chi connectivity index (χ1v) is 22.2. The smallest absolute Gasteiger partial charge is 0.0619 e. The summed E-state index contributed by atoms with van der Waals surface area (Å²) in [6, 6.07) is 85.4. The maximum atomic E-state index is 2.53. The van der Waals surface area contributed by atoms with Gasteiger partial charge in [0.15, 0.2) is 0 Å². The molecular weight excluding hydrogens is 773 g/mol. The summed E-state index contributed by atoms with van der Waals surface area (Å²) in [4.78, 5) is 0. The molecule has 0 aliphatic heterocycles. The molecule has 0 atom stereocenters. The Morgan fingerprint density at radius 1 is 0.250 bits per heavy atom. The molecule has 0 radical (unpaired) electrons. The lowest BCUT2D eigenvalue weighted by atomic mass is 9.94. The van der Waals surface area contributed by atoms with Crippen molar-refractivity contribution in [3.63, 3.8) is 0 Å². The van der Waals surface area contributed by atoms with Crippen LogP contribution in [0.25, 0.3) is 132 Å². The molecule has 2 heteroatoms. The molecule has 0 bridgehead atoms. The second-order valence-electron chi connectivity index (χ2n) is 17.2. The Kier molecular flexibility index (Phi) is 7.43. The van der Waals surface area contributed by atoms with Gasteiger partial charge in [-0.25, -0.2) is 0 Å². The van der Waals surface area contributed by atoms with E-state index in [1.54, 1.807) is 0 Å². The van der Waals surface area contributed by atoms with Crippen LogP contribution in [0.2, 0.25) is 0 Å². The fourth-order valence-corrected chi connectivity index (χ4v) is 11.0. The van der Waals surface area contributed by atoms with E-state index in [-0.39, 0.29) is 0 Å². The summed E-state index contributed by atoms with van der Waals surface area (Å²) in [6.07, 6.45) is 0. The van der Waals surface area contributed by atoms with E-state index >= 15 is 0 Å². The summed E-state index contributed by atoms with van der Waals surface area (Å²) < 4.78 is 4.94. The Labute approximate surface area is 370 Å². The Bertz CT molecular complexity index is 4060. The van der Waals surface area contributed by atoms with Crippen LogP contribution in [-0.4, -0.2) is 9.13 Å². The van der Waals surface area contributed by atoms with Gasteiger partial charge < -0.3 is 9.13 Å². The topological polar surface area (TPSA) is 9.86 Å². The molecule has 2 nitrogen and oxygen atoms in total. The third-order valence-electron chi connectivity index (χ3n) is 13.8. The minimum Gasteiger partial charge on any atom is -0.309 e. The molecule has 296 valence electrons. The van der Waals surface area contributed by atoms with Gasteiger partial charge in [0.05, 0.1) is 27.8 Å². The van der Waals surface area contributed by atoms with Crippen LogP contribution in [0, 0.1) is 0 Å². The lowest BCUT2D eigenvalue weighted by molar-refractivity contribution is 1.18. The minimum absolute atomic E-state index is 1.16. The predicted octanol–water partition coefficient (Wildman–Crippen LogP) is 16.8. The van der Waals surface area contributed by atoms with Gasteiger partial charge in [0.2, 0.25) is 0 Å². The fraction of sp³-hybridized carbons (Fsp3) is 0. The van der Waals surface area contributed by atoms with E-state index in [0.717, 1.165) is 11.4 Å². The number of fused-ring (bicyclic) bond motifs is 11. The quantitative estimate of drug-likeness (QED) is 0.164. The van der Waals surface area contributed by atoms with E-state index in [1.165, 1.54) is 121 Å². The van der Waals surface area contributed by atoms with E-state index in [9.17, 15) is 0 Å². The second-order valence-corrected chi connectivity index (χ2v) is 17.2. The maximum Gasteiger partial charge on any atom is 0.0619 e. The van der Waals surface area contributed by atoms with Crippen molar-refractivity contribution in [3.8, 4) is 67.0 Å². The molecule has 2 heterocycles. The number of hydrogen-bond acceptors (Lipinski definition) is 0. The second kappa shape index (κ2) is 13.5. The van der Waals surface area contributed by atoms with Crippen LogP contribution in [-0.2, 0) is 0 Å². The van der Waals surface area contributed by atoms with Gasteiger partial charge in [0.25, 0.3) is 0 Å². The molecule has 14 rings (SSSR count). The van der Waals surface area contributed by atoms with Gasteiger partial charge in [-0.05, 0) is 115 Å². The first-order valence-electron chi connectivity index (χ1n) is 22.2. The standard InChI is InChI=1S/C62H38N2/c1-2-18-46(19-3-1)63-58-26-9-7-22-50(58)51-32-29-43(37-59(51)63)44-30-33-52-55-34-27-39-13-4-5-21-48(39)62(55)64(60(52)38-44)57-25-8-6-20-47(57)45-17-10-16-41(35-45)42-28-31-49-53-23-11-14-40-15-12-24-54(61(40)53)56(49)36-42/h1-38H. The third-order valence-corrected chi connectivity index (χ3v) is 13.8. The minimum atomic E-state index is 1.16. The highest BCUT2D eigenvalue weighted by molar-refractivity contribution is 6.20. The van der Waals surface area contributed by atoms with Crippen molar-refractivity contribution >= 4 is 65.2 Å². The third kappa shape index (κ3) is 5.08. The van der Waals surface area contributed by atoms with Gasteiger partial charge in [0, 0.05) is 38.2 Å². The zero-order valence-electron chi connectivity index (χ0n) is 34.8. The van der Waals surface area contributed by atoms with Crippen LogP contribution in [0.5, 0.6) is 0 Å². The largest absolute Gasteiger partial charge is 0.309 e. The Morgan fingerprint density at radius 3 is 1.66 bits per heavy atom. The molecule has 1 aliphatic carbocycles. The molecular formula is C62H38N2. The molecule has 1 aliphatic rings. The normalized spacial score (nSPS) is 12.1. The van der Waals surface area contributed by atoms with Crippen molar-refractivity contribution in [2.45, 2.75) is 0 Å². The van der Waals surface area contributed by atoms with Gasteiger partial charge >= 0.3 is 0 Å². The molecule has 0 unspecified atom stereocenters. The number of nitrogens with zero attached hydrogens (tertiary/aromatic N) is 2. The van der Waals surface area contributed by atoms with Gasteiger partial charge in [-0.3, -0.25) is 0 Å². The highest BCUT2D eigenvalue weighted by Crippen LogP contribution is 2.49. The van der Waals surface area contributed by atoms with Crippen molar-refractivity contribution in [1.82, 2.24) is 9.13 Å². The van der Waals surface area contributed by atoms with Crippen LogP contribution in [0.15, 0.2) is 231 Å². The van der Waals surface area contributed by atoms with Gasteiger partial charge in [0.1, 0.15) is 0 Å². The first-order chi connectivity index (χ1) is 31.7. The molecule has 2 aromatic heterocycles. The molecule has 64 heavy (non-hydrogen) atoms.